The van der Waals surface area contributed by atoms with E-state index in [0.29, 0.717) is 17.6 Å². The molecular weight excluding hydrogens is 248 g/mol. The molecule has 0 aliphatic heterocycles. The fourth-order valence-electron chi connectivity index (χ4n) is 1.63. The zero-order valence-corrected chi connectivity index (χ0v) is 12.3. The summed E-state index contributed by atoms with van der Waals surface area (Å²) in [6.45, 7) is 7.00. The van der Waals surface area contributed by atoms with E-state index in [4.69, 9.17) is 16.3 Å². The highest BCUT2D eigenvalue weighted by molar-refractivity contribution is 6.29. The molecule has 0 bridgehead atoms. The van der Waals surface area contributed by atoms with Crippen LogP contribution in [0.4, 0.5) is 0 Å². The maximum absolute atomic E-state index is 5.94. The van der Waals surface area contributed by atoms with Crippen LogP contribution in [0.2, 0.25) is 5.15 Å². The number of hydrogen-bond donors (Lipinski definition) is 0. The van der Waals surface area contributed by atoms with E-state index in [2.05, 4.69) is 16.9 Å². The number of unbranched alkanes of at least 4 members (excludes halogenated alkanes) is 4. The van der Waals surface area contributed by atoms with Crippen molar-refractivity contribution in [2.75, 3.05) is 6.61 Å². The van der Waals surface area contributed by atoms with Crippen LogP contribution in [0.15, 0.2) is 6.07 Å². The molecule has 0 aromatic carbocycles. The Balaban J connectivity index is 2.37. The lowest BCUT2D eigenvalue weighted by Crippen LogP contribution is -2.04. The lowest BCUT2D eigenvalue weighted by molar-refractivity contribution is 0.291. The van der Waals surface area contributed by atoms with E-state index >= 15 is 0 Å². The van der Waals surface area contributed by atoms with Crippen LogP contribution in [0.25, 0.3) is 0 Å². The summed E-state index contributed by atoms with van der Waals surface area (Å²) in [6.07, 6.45) is 6.13. The minimum absolute atomic E-state index is 0.260. The smallest absolute Gasteiger partial charge is 0.218 e. The number of nitrogens with zero attached hydrogens (tertiary/aromatic N) is 2. The Bertz CT molecular complexity index is 356. The SMILES string of the molecule is CCCCCCCOc1cc(Cl)nc(C(C)C)n1. The Morgan fingerprint density at radius 2 is 1.89 bits per heavy atom. The van der Waals surface area contributed by atoms with Crippen LogP contribution < -0.4 is 4.74 Å². The van der Waals surface area contributed by atoms with Crippen LogP contribution in [0.5, 0.6) is 5.88 Å². The van der Waals surface area contributed by atoms with E-state index in [-0.39, 0.29) is 5.92 Å². The monoisotopic (exact) mass is 270 g/mol. The molecule has 4 heteroatoms. The molecule has 0 radical (unpaired) electrons. The van der Waals surface area contributed by atoms with Crippen molar-refractivity contribution in [2.24, 2.45) is 0 Å². The predicted molar refractivity (Wildman–Crippen MR) is 75.4 cm³/mol. The molecule has 0 aliphatic carbocycles. The molecule has 0 aliphatic rings. The van der Waals surface area contributed by atoms with Gasteiger partial charge < -0.3 is 4.74 Å². The number of rotatable bonds is 8. The second-order valence-electron chi connectivity index (χ2n) is 4.80. The van der Waals surface area contributed by atoms with Crippen molar-refractivity contribution >= 4 is 11.6 Å². The molecule has 0 spiro atoms. The highest BCUT2D eigenvalue weighted by Crippen LogP contribution is 2.18. The van der Waals surface area contributed by atoms with Gasteiger partial charge >= 0.3 is 0 Å². The average Bonchev–Trinajstić information content (AvgIpc) is 2.33. The number of hydrogen-bond acceptors (Lipinski definition) is 3. The Kier molecular flexibility index (Phi) is 7.02. The molecule has 0 amide bonds. The van der Waals surface area contributed by atoms with Gasteiger partial charge in [0.1, 0.15) is 11.0 Å². The lowest BCUT2D eigenvalue weighted by Gasteiger charge is -2.09. The predicted octanol–water partition coefficient (Wildman–Crippen LogP) is 4.60. The zero-order valence-electron chi connectivity index (χ0n) is 11.6. The number of halogens is 1. The van der Waals surface area contributed by atoms with Crippen molar-refractivity contribution in [2.45, 2.75) is 58.8 Å². The molecular formula is C14H23ClN2O. The summed E-state index contributed by atoms with van der Waals surface area (Å²) in [5.41, 5.74) is 0. The molecule has 0 saturated carbocycles. The second-order valence-corrected chi connectivity index (χ2v) is 5.19. The standard InChI is InChI=1S/C14H23ClN2O/c1-4-5-6-7-8-9-18-13-10-12(15)16-14(17-13)11(2)3/h10-11H,4-9H2,1-3H3. The summed E-state index contributed by atoms with van der Waals surface area (Å²) in [5.74, 6) is 1.59. The molecule has 0 unspecified atom stereocenters. The van der Waals surface area contributed by atoms with Crippen molar-refractivity contribution < 1.29 is 4.74 Å². The van der Waals surface area contributed by atoms with Crippen LogP contribution >= 0.6 is 11.6 Å². The van der Waals surface area contributed by atoms with Gasteiger partial charge in [-0.2, -0.15) is 4.98 Å². The van der Waals surface area contributed by atoms with Crippen LogP contribution in [0.1, 0.15) is 64.6 Å². The Morgan fingerprint density at radius 1 is 1.17 bits per heavy atom. The third-order valence-electron chi connectivity index (χ3n) is 2.70. The first-order valence-electron chi connectivity index (χ1n) is 6.80. The van der Waals surface area contributed by atoms with Crippen molar-refractivity contribution in [3.63, 3.8) is 0 Å². The van der Waals surface area contributed by atoms with Crippen molar-refractivity contribution in [3.8, 4) is 5.88 Å². The molecule has 102 valence electrons. The van der Waals surface area contributed by atoms with E-state index < -0.39 is 0 Å². The van der Waals surface area contributed by atoms with Crippen molar-refractivity contribution in [1.82, 2.24) is 9.97 Å². The lowest BCUT2D eigenvalue weighted by atomic mass is 10.2. The molecule has 3 nitrogen and oxygen atoms in total. The molecule has 1 aromatic heterocycles. The fraction of sp³-hybridized carbons (Fsp3) is 0.714. The molecule has 0 N–H and O–H groups in total. The first-order chi connectivity index (χ1) is 8.63. The fourth-order valence-corrected chi connectivity index (χ4v) is 1.81. The molecule has 0 fully saturated rings. The van der Waals surface area contributed by atoms with Gasteiger partial charge in [0.2, 0.25) is 5.88 Å². The molecule has 18 heavy (non-hydrogen) atoms. The first kappa shape index (κ1) is 15.2. The topological polar surface area (TPSA) is 35.0 Å². The Labute approximate surface area is 115 Å². The Morgan fingerprint density at radius 3 is 2.56 bits per heavy atom. The highest BCUT2D eigenvalue weighted by Gasteiger charge is 2.07. The van der Waals surface area contributed by atoms with Gasteiger partial charge in [-0.25, -0.2) is 4.98 Å². The van der Waals surface area contributed by atoms with Gasteiger partial charge in [0.15, 0.2) is 0 Å². The molecule has 1 aromatic rings. The Hall–Kier alpha value is -0.830. The summed E-state index contributed by atoms with van der Waals surface area (Å²) >= 11 is 5.94. The van der Waals surface area contributed by atoms with E-state index in [0.717, 1.165) is 12.2 Å². The van der Waals surface area contributed by atoms with E-state index in [1.807, 2.05) is 13.8 Å². The third-order valence-corrected chi connectivity index (χ3v) is 2.90. The van der Waals surface area contributed by atoms with Gasteiger partial charge in [0.05, 0.1) is 6.61 Å². The van der Waals surface area contributed by atoms with Gasteiger partial charge in [-0.3, -0.25) is 0 Å². The molecule has 1 heterocycles. The summed E-state index contributed by atoms with van der Waals surface area (Å²) in [5, 5.41) is 0.453. The normalized spacial score (nSPS) is 10.9. The summed E-state index contributed by atoms with van der Waals surface area (Å²) in [4.78, 5) is 8.53. The summed E-state index contributed by atoms with van der Waals surface area (Å²) < 4.78 is 5.62. The average molecular weight is 271 g/mol. The van der Waals surface area contributed by atoms with Crippen LogP contribution in [0, 0.1) is 0 Å². The number of ether oxygens (including phenoxy) is 1. The summed E-state index contributed by atoms with van der Waals surface area (Å²) in [6, 6.07) is 1.68. The van der Waals surface area contributed by atoms with Gasteiger partial charge in [0.25, 0.3) is 0 Å². The highest BCUT2D eigenvalue weighted by atomic mass is 35.5. The van der Waals surface area contributed by atoms with Gasteiger partial charge in [-0.15, -0.1) is 0 Å². The van der Waals surface area contributed by atoms with Crippen molar-refractivity contribution in [3.05, 3.63) is 17.0 Å². The van der Waals surface area contributed by atoms with E-state index in [9.17, 15) is 0 Å². The first-order valence-corrected chi connectivity index (χ1v) is 7.18. The van der Waals surface area contributed by atoms with Gasteiger partial charge in [0, 0.05) is 12.0 Å². The second kappa shape index (κ2) is 8.30. The van der Waals surface area contributed by atoms with Crippen LogP contribution in [-0.4, -0.2) is 16.6 Å². The maximum atomic E-state index is 5.94. The minimum Gasteiger partial charge on any atom is -0.478 e. The van der Waals surface area contributed by atoms with E-state index in [1.165, 1.54) is 25.7 Å². The third kappa shape index (κ3) is 5.67. The molecule has 0 atom stereocenters. The zero-order chi connectivity index (χ0) is 13.4. The van der Waals surface area contributed by atoms with E-state index in [1.54, 1.807) is 6.07 Å². The van der Waals surface area contributed by atoms with Crippen molar-refractivity contribution in [1.29, 1.82) is 0 Å². The largest absolute Gasteiger partial charge is 0.478 e. The van der Waals surface area contributed by atoms with Gasteiger partial charge in [-0.05, 0) is 6.42 Å². The number of aromatic nitrogens is 2. The van der Waals surface area contributed by atoms with Crippen LogP contribution in [0.3, 0.4) is 0 Å². The quantitative estimate of drug-likeness (QED) is 0.511. The van der Waals surface area contributed by atoms with Gasteiger partial charge in [-0.1, -0.05) is 58.1 Å². The summed E-state index contributed by atoms with van der Waals surface area (Å²) in [7, 11) is 0. The molecule has 0 saturated heterocycles. The van der Waals surface area contributed by atoms with Crippen LogP contribution in [-0.2, 0) is 0 Å². The maximum Gasteiger partial charge on any atom is 0.218 e. The molecule has 1 rings (SSSR count). The minimum atomic E-state index is 0.260.